The summed E-state index contributed by atoms with van der Waals surface area (Å²) < 4.78 is 34.9. The van der Waals surface area contributed by atoms with Gasteiger partial charge < -0.3 is 45.4 Å². The van der Waals surface area contributed by atoms with Crippen LogP contribution in [0.15, 0.2) is 0 Å². The fourth-order valence-corrected chi connectivity index (χ4v) is 7.50. The van der Waals surface area contributed by atoms with Crippen molar-refractivity contribution in [3.05, 3.63) is 0 Å². The Kier molecular flexibility index (Phi) is 26.9. The first-order valence-corrected chi connectivity index (χ1v) is 21.9. The Morgan fingerprint density at radius 3 is 1.73 bits per heavy atom. The van der Waals surface area contributed by atoms with Crippen molar-refractivity contribution in [1.29, 1.82) is 0 Å². The second kappa shape index (κ2) is 28.5. The highest BCUT2D eigenvalue weighted by molar-refractivity contribution is 7.91. The molecule has 1 aliphatic rings. The van der Waals surface area contributed by atoms with Gasteiger partial charge >= 0.3 is 0 Å². The lowest BCUT2D eigenvalue weighted by Crippen LogP contribution is -2.60. The van der Waals surface area contributed by atoms with E-state index in [1.54, 1.807) is 13.8 Å². The summed E-state index contributed by atoms with van der Waals surface area (Å²) in [5, 5.41) is 64.4. The van der Waals surface area contributed by atoms with Gasteiger partial charge in [0.1, 0.15) is 30.5 Å². The number of hydrogen-bond donors (Lipinski definition) is 7. The smallest absolute Gasteiger partial charge is 0.220 e. The van der Waals surface area contributed by atoms with Crippen LogP contribution in [0, 0.1) is 0 Å². The Hall–Kier alpha value is -0.900. The minimum absolute atomic E-state index is 0.213. The molecule has 0 bridgehead atoms. The molecule has 0 aromatic rings. The van der Waals surface area contributed by atoms with Crippen LogP contribution in [0.4, 0.5) is 0 Å². The number of ether oxygens (including phenoxy) is 2. The predicted octanol–water partition coefficient (Wildman–Crippen LogP) is 4.43. The molecule has 0 aliphatic carbocycles. The molecule has 0 spiro atoms. The van der Waals surface area contributed by atoms with Crippen LogP contribution in [0.5, 0.6) is 0 Å². The number of nitrogens with one attached hydrogen (secondary N) is 1. The van der Waals surface area contributed by atoms with Crippen LogP contribution in [0.2, 0.25) is 0 Å². The number of aliphatic hydroxyl groups excluding tert-OH is 6. The maximum atomic E-state index is 12.9. The van der Waals surface area contributed by atoms with Gasteiger partial charge in [0.25, 0.3) is 0 Å². The van der Waals surface area contributed by atoms with Gasteiger partial charge in [-0.05, 0) is 33.1 Å². The standard InChI is InChI=1S/C38H75NO11S/c1-4-5-6-7-8-9-10-11-12-15-18-21-24-31(41)34(43)30(28-49-38-37(46)36(45)35(44)32(27-40)50-38)39-33(42)25-22-19-16-13-14-17-20-23-26-51(47,48)29(2)3/h29-32,34-38,40-41,43-46H,4-28H2,1-3H3,(H,39,42)/t30-,31+,32?,34-,35?,36?,37?,38?/m0/s1. The van der Waals surface area contributed by atoms with Crippen LogP contribution in [0.1, 0.15) is 162 Å². The molecule has 13 heteroatoms. The number of sulfone groups is 1. The third kappa shape index (κ3) is 21.0. The zero-order valence-corrected chi connectivity index (χ0v) is 32.8. The molecule has 1 saturated heterocycles. The minimum Gasteiger partial charge on any atom is -0.394 e. The molecule has 12 nitrogen and oxygen atoms in total. The van der Waals surface area contributed by atoms with Crippen LogP contribution in [0.25, 0.3) is 0 Å². The van der Waals surface area contributed by atoms with Crippen LogP contribution < -0.4 is 5.32 Å². The number of hydrogen-bond acceptors (Lipinski definition) is 11. The normalized spacial score (nSPS) is 23.0. The van der Waals surface area contributed by atoms with Gasteiger partial charge in [0.05, 0.1) is 36.4 Å². The molecule has 1 fully saturated rings. The lowest BCUT2D eigenvalue weighted by Gasteiger charge is -2.40. The Labute approximate surface area is 309 Å². The Morgan fingerprint density at radius 2 is 1.22 bits per heavy atom. The molecule has 5 unspecified atom stereocenters. The Morgan fingerprint density at radius 1 is 0.725 bits per heavy atom. The number of carbonyl (C=O) groups excluding carboxylic acids is 1. The van der Waals surface area contributed by atoms with E-state index in [2.05, 4.69) is 12.2 Å². The molecule has 8 atom stereocenters. The summed E-state index contributed by atoms with van der Waals surface area (Å²) in [6.07, 6.45) is 11.8. The van der Waals surface area contributed by atoms with Crippen molar-refractivity contribution < 1.29 is 53.3 Å². The van der Waals surface area contributed by atoms with E-state index in [-0.39, 0.29) is 29.9 Å². The zero-order chi connectivity index (χ0) is 38.1. The van der Waals surface area contributed by atoms with Crippen molar-refractivity contribution in [1.82, 2.24) is 5.32 Å². The second-order valence-electron chi connectivity index (χ2n) is 14.9. The first-order chi connectivity index (χ1) is 24.3. The number of aliphatic hydroxyl groups is 6. The number of unbranched alkanes of at least 4 members (excludes halogenated alkanes) is 18. The van der Waals surface area contributed by atoms with E-state index in [9.17, 15) is 43.9 Å². The summed E-state index contributed by atoms with van der Waals surface area (Å²) in [7, 11) is -2.98. The summed E-state index contributed by atoms with van der Waals surface area (Å²) >= 11 is 0. The highest BCUT2D eigenvalue weighted by Gasteiger charge is 2.44. The van der Waals surface area contributed by atoms with E-state index in [1.165, 1.54) is 51.4 Å². The first kappa shape index (κ1) is 48.1. The molecule has 0 saturated carbocycles. The molecule has 51 heavy (non-hydrogen) atoms. The quantitative estimate of drug-likeness (QED) is 0.0479. The highest BCUT2D eigenvalue weighted by Crippen LogP contribution is 2.23. The van der Waals surface area contributed by atoms with E-state index in [0.717, 1.165) is 64.2 Å². The molecule has 0 aromatic carbocycles. The second-order valence-corrected chi connectivity index (χ2v) is 17.6. The molecular weight excluding hydrogens is 678 g/mol. The van der Waals surface area contributed by atoms with Crippen molar-refractivity contribution in [2.75, 3.05) is 19.0 Å². The van der Waals surface area contributed by atoms with Crippen LogP contribution in [-0.2, 0) is 24.1 Å². The Bertz CT molecular complexity index is 968. The van der Waals surface area contributed by atoms with Gasteiger partial charge in [0.15, 0.2) is 16.1 Å². The van der Waals surface area contributed by atoms with Gasteiger partial charge in [-0.15, -0.1) is 0 Å². The summed E-state index contributed by atoms with van der Waals surface area (Å²) in [5.41, 5.74) is 0. The molecule has 7 N–H and O–H groups in total. The largest absolute Gasteiger partial charge is 0.394 e. The fourth-order valence-electron chi connectivity index (χ4n) is 6.43. The van der Waals surface area contributed by atoms with E-state index in [1.807, 2.05) is 0 Å². The molecule has 1 amide bonds. The first-order valence-electron chi connectivity index (χ1n) is 20.1. The minimum atomic E-state index is -2.98. The maximum Gasteiger partial charge on any atom is 0.220 e. The van der Waals surface area contributed by atoms with Gasteiger partial charge in [-0.1, -0.05) is 122 Å². The van der Waals surface area contributed by atoms with Gasteiger partial charge in [0.2, 0.25) is 5.91 Å². The number of carbonyl (C=O) groups is 1. The zero-order valence-electron chi connectivity index (χ0n) is 32.0. The summed E-state index contributed by atoms with van der Waals surface area (Å²) in [4.78, 5) is 12.9. The average molecular weight is 754 g/mol. The van der Waals surface area contributed by atoms with Crippen LogP contribution >= 0.6 is 0 Å². The molecule has 0 aromatic heterocycles. The van der Waals surface area contributed by atoms with Crippen molar-refractivity contribution in [3.8, 4) is 0 Å². The maximum absolute atomic E-state index is 12.9. The molecule has 1 aliphatic heterocycles. The van der Waals surface area contributed by atoms with Crippen molar-refractivity contribution in [3.63, 3.8) is 0 Å². The van der Waals surface area contributed by atoms with Gasteiger partial charge in [-0.25, -0.2) is 8.42 Å². The molecule has 1 heterocycles. The topological polar surface area (TPSA) is 203 Å². The lowest BCUT2D eigenvalue weighted by molar-refractivity contribution is -0.303. The van der Waals surface area contributed by atoms with Gasteiger partial charge in [-0.2, -0.15) is 0 Å². The molecular formula is C38H75NO11S. The third-order valence-corrected chi connectivity index (χ3v) is 12.4. The fraction of sp³-hybridized carbons (Fsp3) is 0.974. The average Bonchev–Trinajstić information content (AvgIpc) is 3.10. The summed E-state index contributed by atoms with van der Waals surface area (Å²) in [6, 6.07) is -1.03. The predicted molar refractivity (Wildman–Crippen MR) is 200 cm³/mol. The van der Waals surface area contributed by atoms with E-state index in [0.29, 0.717) is 19.3 Å². The van der Waals surface area contributed by atoms with E-state index < -0.39 is 65.4 Å². The van der Waals surface area contributed by atoms with Crippen molar-refractivity contribution in [2.24, 2.45) is 0 Å². The molecule has 0 radical (unpaired) electrons. The van der Waals surface area contributed by atoms with Crippen molar-refractivity contribution in [2.45, 2.75) is 216 Å². The van der Waals surface area contributed by atoms with Crippen LogP contribution in [-0.4, -0.2) is 118 Å². The van der Waals surface area contributed by atoms with E-state index in [4.69, 9.17) is 9.47 Å². The monoisotopic (exact) mass is 754 g/mol. The Balaban J connectivity index is 2.50. The van der Waals surface area contributed by atoms with Crippen molar-refractivity contribution >= 4 is 15.7 Å². The highest BCUT2D eigenvalue weighted by atomic mass is 32.2. The van der Waals surface area contributed by atoms with Gasteiger partial charge in [-0.3, -0.25) is 4.79 Å². The number of rotatable bonds is 32. The summed E-state index contributed by atoms with van der Waals surface area (Å²) in [6.45, 7) is 4.68. The summed E-state index contributed by atoms with van der Waals surface area (Å²) in [5.74, 6) is -0.0835. The van der Waals surface area contributed by atoms with Crippen LogP contribution in [0.3, 0.4) is 0 Å². The molecule has 1 rings (SSSR count). The SMILES string of the molecule is CCCCCCCCCCCCCC[C@@H](O)[C@@H](O)[C@H](COC1OC(CO)C(O)C(O)C1O)NC(=O)CCCCCCCCCCS(=O)(=O)C(C)C. The van der Waals surface area contributed by atoms with E-state index >= 15 is 0 Å². The third-order valence-electron chi connectivity index (χ3n) is 10.1. The lowest BCUT2D eigenvalue weighted by atomic mass is 9.98. The van der Waals surface area contributed by atoms with Gasteiger partial charge in [0, 0.05) is 6.42 Å². The number of amides is 1. The molecule has 304 valence electrons.